The second-order valence-electron chi connectivity index (χ2n) is 8.06. The molecule has 3 aromatic rings. The van der Waals surface area contributed by atoms with Crippen LogP contribution in [0.5, 0.6) is 0 Å². The van der Waals surface area contributed by atoms with Gasteiger partial charge < -0.3 is 14.3 Å². The van der Waals surface area contributed by atoms with Gasteiger partial charge in [-0.05, 0) is 38.9 Å². The number of likely N-dealkylation sites (tertiary alicyclic amines) is 1. The second kappa shape index (κ2) is 6.44. The van der Waals surface area contributed by atoms with E-state index in [0.29, 0.717) is 6.42 Å². The first-order valence-electron chi connectivity index (χ1n) is 10.0. The summed E-state index contributed by atoms with van der Waals surface area (Å²) in [7, 11) is 2.19. The molecule has 28 heavy (non-hydrogen) atoms. The highest BCUT2D eigenvalue weighted by Crippen LogP contribution is 2.41. The minimum absolute atomic E-state index is 0.0381. The Balaban J connectivity index is 1.33. The molecule has 3 aromatic heterocycles. The number of likely N-dealkylation sites (N-methyl/N-ethyl adjacent to an activating group) is 1. The van der Waals surface area contributed by atoms with Crippen LogP contribution < -0.4 is 0 Å². The van der Waals surface area contributed by atoms with Crippen molar-refractivity contribution in [2.75, 3.05) is 26.7 Å². The fourth-order valence-electron chi connectivity index (χ4n) is 4.96. The zero-order valence-corrected chi connectivity index (χ0v) is 16.5. The maximum atomic E-state index is 13.1. The number of carbonyl (C=O) groups excluding carboxylic acids is 1. The van der Waals surface area contributed by atoms with E-state index in [1.165, 1.54) is 11.4 Å². The van der Waals surface area contributed by atoms with Crippen molar-refractivity contribution in [3.05, 3.63) is 53.5 Å². The quantitative estimate of drug-likeness (QED) is 0.740. The summed E-state index contributed by atoms with van der Waals surface area (Å²) in [6.45, 7) is 4.55. The van der Waals surface area contributed by atoms with Crippen LogP contribution in [-0.2, 0) is 23.2 Å². The Morgan fingerprint density at radius 3 is 2.89 bits per heavy atom. The van der Waals surface area contributed by atoms with E-state index in [9.17, 15) is 4.79 Å². The lowest BCUT2D eigenvalue weighted by molar-refractivity contribution is -0.133. The summed E-state index contributed by atoms with van der Waals surface area (Å²) in [4.78, 5) is 30.1. The van der Waals surface area contributed by atoms with Crippen molar-refractivity contribution >= 4 is 11.6 Å². The summed E-state index contributed by atoms with van der Waals surface area (Å²) in [6.07, 6.45) is 7.08. The lowest BCUT2D eigenvalue weighted by atomic mass is 9.79. The van der Waals surface area contributed by atoms with E-state index in [1.54, 1.807) is 0 Å². The number of aromatic amines is 1. The maximum absolute atomic E-state index is 13.1. The van der Waals surface area contributed by atoms with Crippen LogP contribution in [0.25, 0.3) is 5.65 Å². The van der Waals surface area contributed by atoms with Gasteiger partial charge in [-0.25, -0.2) is 9.97 Å². The number of aryl methyl sites for hydroxylation is 1. The number of nitrogens with zero attached hydrogens (tertiary/aromatic N) is 5. The summed E-state index contributed by atoms with van der Waals surface area (Å²) >= 11 is 0. The first-order valence-corrected chi connectivity index (χ1v) is 10.0. The molecule has 0 aliphatic carbocycles. The molecule has 1 N–H and O–H groups in total. The van der Waals surface area contributed by atoms with Crippen molar-refractivity contribution in [3.63, 3.8) is 0 Å². The minimum atomic E-state index is -0.0381. The van der Waals surface area contributed by atoms with Gasteiger partial charge in [0, 0.05) is 37.9 Å². The molecular weight excluding hydrogens is 352 g/mol. The number of aromatic nitrogens is 4. The van der Waals surface area contributed by atoms with E-state index in [1.807, 2.05) is 46.9 Å². The SMILES string of the molecule is Cc1nc2ccccn2c1CC(=O)N1CCC2(CC1)c1nc[nH]c1CCN2C. The number of imidazole rings is 2. The van der Waals surface area contributed by atoms with Gasteiger partial charge in [0.1, 0.15) is 5.65 Å². The Morgan fingerprint density at radius 2 is 2.07 bits per heavy atom. The van der Waals surface area contributed by atoms with E-state index in [-0.39, 0.29) is 11.4 Å². The normalized spacial score (nSPS) is 19.3. The van der Waals surface area contributed by atoms with Gasteiger partial charge >= 0.3 is 0 Å². The van der Waals surface area contributed by atoms with Crippen LogP contribution in [0, 0.1) is 6.92 Å². The average Bonchev–Trinajstić information content (AvgIpc) is 3.31. The molecule has 1 amide bonds. The largest absolute Gasteiger partial charge is 0.348 e. The summed E-state index contributed by atoms with van der Waals surface area (Å²) in [6, 6.07) is 5.93. The van der Waals surface area contributed by atoms with Gasteiger partial charge in [-0.3, -0.25) is 9.69 Å². The molecule has 1 saturated heterocycles. The van der Waals surface area contributed by atoms with E-state index in [0.717, 1.165) is 55.9 Å². The van der Waals surface area contributed by atoms with Crippen LogP contribution in [0.1, 0.15) is 35.6 Å². The Morgan fingerprint density at radius 1 is 1.25 bits per heavy atom. The van der Waals surface area contributed by atoms with Crippen LogP contribution in [-0.4, -0.2) is 61.7 Å². The molecule has 1 spiro atoms. The van der Waals surface area contributed by atoms with E-state index in [4.69, 9.17) is 0 Å². The number of hydrogen-bond donors (Lipinski definition) is 1. The van der Waals surface area contributed by atoms with Crippen molar-refractivity contribution < 1.29 is 4.79 Å². The van der Waals surface area contributed by atoms with Crippen LogP contribution >= 0.6 is 0 Å². The Labute approximate surface area is 164 Å². The smallest absolute Gasteiger partial charge is 0.228 e. The molecule has 1 fully saturated rings. The zero-order valence-electron chi connectivity index (χ0n) is 16.5. The fourth-order valence-corrected chi connectivity index (χ4v) is 4.96. The Hall–Kier alpha value is -2.67. The van der Waals surface area contributed by atoms with Crippen molar-refractivity contribution in [2.24, 2.45) is 0 Å². The van der Waals surface area contributed by atoms with Gasteiger partial charge in [-0.2, -0.15) is 0 Å². The number of nitrogens with one attached hydrogen (secondary N) is 1. The second-order valence-corrected chi connectivity index (χ2v) is 8.06. The predicted molar refractivity (Wildman–Crippen MR) is 106 cm³/mol. The summed E-state index contributed by atoms with van der Waals surface area (Å²) in [5.41, 5.74) is 5.23. The van der Waals surface area contributed by atoms with Crippen molar-refractivity contribution in [1.82, 2.24) is 29.2 Å². The van der Waals surface area contributed by atoms with Gasteiger partial charge in [-0.15, -0.1) is 0 Å². The average molecular weight is 378 g/mol. The number of hydrogen-bond acceptors (Lipinski definition) is 4. The molecule has 5 rings (SSSR count). The molecule has 2 aliphatic heterocycles. The summed E-state index contributed by atoms with van der Waals surface area (Å²) in [5, 5.41) is 0. The third-order valence-electron chi connectivity index (χ3n) is 6.68. The van der Waals surface area contributed by atoms with Crippen LogP contribution in [0.15, 0.2) is 30.7 Å². The van der Waals surface area contributed by atoms with E-state index < -0.39 is 0 Å². The molecule has 0 unspecified atom stereocenters. The highest BCUT2D eigenvalue weighted by molar-refractivity contribution is 5.79. The highest BCUT2D eigenvalue weighted by Gasteiger charge is 2.45. The topological polar surface area (TPSA) is 69.5 Å². The Kier molecular flexibility index (Phi) is 4.01. The third-order valence-corrected chi connectivity index (χ3v) is 6.68. The number of H-pyrrole nitrogens is 1. The van der Waals surface area contributed by atoms with Crippen molar-refractivity contribution in [3.8, 4) is 0 Å². The molecule has 7 heteroatoms. The van der Waals surface area contributed by atoms with Gasteiger partial charge in [0.25, 0.3) is 0 Å². The first-order chi connectivity index (χ1) is 13.6. The minimum Gasteiger partial charge on any atom is -0.348 e. The number of pyridine rings is 1. The Bertz CT molecular complexity index is 1030. The summed E-state index contributed by atoms with van der Waals surface area (Å²) < 4.78 is 2.03. The predicted octanol–water partition coefficient (Wildman–Crippen LogP) is 1.91. The number of fused-ring (bicyclic) bond motifs is 3. The monoisotopic (exact) mass is 378 g/mol. The van der Waals surface area contributed by atoms with E-state index >= 15 is 0 Å². The molecule has 0 bridgehead atoms. The van der Waals surface area contributed by atoms with E-state index in [2.05, 4.69) is 26.9 Å². The van der Waals surface area contributed by atoms with Crippen LogP contribution in [0.4, 0.5) is 0 Å². The lowest BCUT2D eigenvalue weighted by Gasteiger charge is -2.49. The summed E-state index contributed by atoms with van der Waals surface area (Å²) in [5.74, 6) is 0.185. The molecule has 0 radical (unpaired) electrons. The number of rotatable bonds is 2. The third kappa shape index (κ3) is 2.57. The first kappa shape index (κ1) is 17.4. The molecule has 7 nitrogen and oxygen atoms in total. The molecule has 2 aliphatic rings. The number of amides is 1. The maximum Gasteiger partial charge on any atom is 0.228 e. The number of carbonyl (C=O) groups is 1. The molecule has 0 saturated carbocycles. The molecular formula is C21H26N6O. The van der Waals surface area contributed by atoms with Crippen LogP contribution in [0.2, 0.25) is 0 Å². The van der Waals surface area contributed by atoms with Gasteiger partial charge in [0.05, 0.1) is 35.4 Å². The lowest BCUT2D eigenvalue weighted by Crippen LogP contribution is -2.55. The zero-order chi connectivity index (χ0) is 19.3. The number of piperidine rings is 1. The van der Waals surface area contributed by atoms with Gasteiger partial charge in [0.15, 0.2) is 0 Å². The van der Waals surface area contributed by atoms with Gasteiger partial charge in [-0.1, -0.05) is 6.07 Å². The standard InChI is InChI=1S/C21H26N6O/c1-15-17(27-9-4-3-5-18(27)24-15)13-19(28)26-11-7-21(8-12-26)20-16(22-14-23-20)6-10-25(21)2/h3-5,9,14H,6-8,10-13H2,1-2H3,(H,22,23). The molecule has 0 aromatic carbocycles. The highest BCUT2D eigenvalue weighted by atomic mass is 16.2. The molecule has 0 atom stereocenters. The van der Waals surface area contributed by atoms with Gasteiger partial charge in [0.2, 0.25) is 5.91 Å². The fraction of sp³-hybridized carbons (Fsp3) is 0.476. The van der Waals surface area contributed by atoms with Crippen LogP contribution in [0.3, 0.4) is 0 Å². The molecule has 146 valence electrons. The van der Waals surface area contributed by atoms with Crippen molar-refractivity contribution in [1.29, 1.82) is 0 Å². The van der Waals surface area contributed by atoms with Crippen molar-refractivity contribution in [2.45, 2.75) is 38.1 Å². The molecule has 5 heterocycles.